The van der Waals surface area contributed by atoms with Gasteiger partial charge in [-0.05, 0) is 41.4 Å². The lowest BCUT2D eigenvalue weighted by Gasteiger charge is -2.28. The molecular formula is C14H14BrN3. The van der Waals surface area contributed by atoms with Crippen LogP contribution in [0.3, 0.4) is 0 Å². The van der Waals surface area contributed by atoms with Crippen LogP contribution in [0.1, 0.15) is 13.3 Å². The molecule has 0 bridgehead atoms. The monoisotopic (exact) mass is 303 g/mol. The van der Waals surface area contributed by atoms with Crippen LogP contribution in [0, 0.1) is 0 Å². The summed E-state index contributed by atoms with van der Waals surface area (Å²) in [5.41, 5.74) is 4.57. The van der Waals surface area contributed by atoms with Crippen molar-refractivity contribution in [2.24, 2.45) is 0 Å². The first-order valence-electron chi connectivity index (χ1n) is 6.05. The SMILES string of the molecule is CC1=CCN(c2ccnc3cc(Br)cnc23)CC1. The zero-order valence-corrected chi connectivity index (χ0v) is 11.8. The molecule has 3 rings (SSSR count). The Hall–Kier alpha value is -1.42. The lowest BCUT2D eigenvalue weighted by atomic mass is 10.1. The molecular weight excluding hydrogens is 290 g/mol. The van der Waals surface area contributed by atoms with Gasteiger partial charge in [0.25, 0.3) is 0 Å². The summed E-state index contributed by atoms with van der Waals surface area (Å²) in [4.78, 5) is 11.2. The van der Waals surface area contributed by atoms with Gasteiger partial charge in [-0.25, -0.2) is 0 Å². The molecule has 3 nitrogen and oxygen atoms in total. The highest BCUT2D eigenvalue weighted by molar-refractivity contribution is 9.10. The molecule has 4 heteroatoms. The molecule has 0 spiro atoms. The highest BCUT2D eigenvalue weighted by Gasteiger charge is 2.14. The predicted octanol–water partition coefficient (Wildman–Crippen LogP) is 3.55. The third-order valence-electron chi connectivity index (χ3n) is 3.30. The Morgan fingerprint density at radius 1 is 1.33 bits per heavy atom. The first-order chi connectivity index (χ1) is 8.74. The molecule has 92 valence electrons. The van der Waals surface area contributed by atoms with Gasteiger partial charge in [0, 0.05) is 30.0 Å². The minimum atomic E-state index is 0.938. The molecule has 0 radical (unpaired) electrons. The molecule has 2 aromatic rings. The van der Waals surface area contributed by atoms with Gasteiger partial charge in [-0.3, -0.25) is 9.97 Å². The second-order valence-electron chi connectivity index (χ2n) is 4.60. The van der Waals surface area contributed by atoms with E-state index in [1.165, 1.54) is 11.3 Å². The lowest BCUT2D eigenvalue weighted by Crippen LogP contribution is -2.28. The number of halogens is 1. The van der Waals surface area contributed by atoms with E-state index in [0.29, 0.717) is 0 Å². The molecule has 0 saturated heterocycles. The Bertz CT molecular complexity index is 621. The van der Waals surface area contributed by atoms with E-state index >= 15 is 0 Å². The Balaban J connectivity index is 2.07. The summed E-state index contributed by atoms with van der Waals surface area (Å²) in [6.45, 7) is 4.21. The predicted molar refractivity (Wildman–Crippen MR) is 77.8 cm³/mol. The van der Waals surface area contributed by atoms with Crippen LogP contribution in [0.2, 0.25) is 0 Å². The van der Waals surface area contributed by atoms with E-state index in [0.717, 1.165) is 35.0 Å². The maximum atomic E-state index is 4.50. The normalized spacial score (nSPS) is 15.9. The van der Waals surface area contributed by atoms with Gasteiger partial charge in [0.05, 0.1) is 11.2 Å². The highest BCUT2D eigenvalue weighted by atomic mass is 79.9. The molecule has 3 heterocycles. The average Bonchev–Trinajstić information content (AvgIpc) is 2.38. The standard InChI is InChI=1S/C14H14BrN3/c1-10-3-6-18(7-4-10)13-2-5-16-12-8-11(15)9-17-14(12)13/h2-3,5,8-9H,4,6-7H2,1H3. The van der Waals surface area contributed by atoms with Crippen LogP contribution >= 0.6 is 15.9 Å². The maximum absolute atomic E-state index is 4.50. The largest absolute Gasteiger partial charge is 0.366 e. The molecule has 18 heavy (non-hydrogen) atoms. The van der Waals surface area contributed by atoms with Crippen molar-refractivity contribution < 1.29 is 0 Å². The summed E-state index contributed by atoms with van der Waals surface area (Å²) < 4.78 is 0.967. The molecule has 0 fully saturated rings. The topological polar surface area (TPSA) is 29.0 Å². The number of hydrogen-bond donors (Lipinski definition) is 0. The van der Waals surface area contributed by atoms with Crippen molar-refractivity contribution in [2.75, 3.05) is 18.0 Å². The van der Waals surface area contributed by atoms with Crippen molar-refractivity contribution in [3.8, 4) is 0 Å². The summed E-state index contributed by atoms with van der Waals surface area (Å²) in [6.07, 6.45) is 7.10. The quantitative estimate of drug-likeness (QED) is 0.755. The molecule has 0 saturated carbocycles. The summed E-state index contributed by atoms with van der Waals surface area (Å²) >= 11 is 3.44. The fourth-order valence-corrected chi connectivity index (χ4v) is 2.56. The van der Waals surface area contributed by atoms with Crippen molar-refractivity contribution in [3.63, 3.8) is 0 Å². The third-order valence-corrected chi connectivity index (χ3v) is 3.73. The van der Waals surface area contributed by atoms with Crippen LogP contribution in [0.4, 0.5) is 5.69 Å². The van der Waals surface area contributed by atoms with Gasteiger partial charge in [0.1, 0.15) is 5.52 Å². The van der Waals surface area contributed by atoms with E-state index in [4.69, 9.17) is 0 Å². The molecule has 2 aromatic heterocycles. The van der Waals surface area contributed by atoms with Crippen LogP contribution in [-0.4, -0.2) is 23.1 Å². The summed E-state index contributed by atoms with van der Waals surface area (Å²) in [5.74, 6) is 0. The fraction of sp³-hybridized carbons (Fsp3) is 0.286. The number of nitrogens with zero attached hydrogens (tertiary/aromatic N) is 3. The van der Waals surface area contributed by atoms with E-state index < -0.39 is 0 Å². The Labute approximate surface area is 115 Å². The number of pyridine rings is 2. The summed E-state index contributed by atoms with van der Waals surface area (Å²) in [6, 6.07) is 4.06. The van der Waals surface area contributed by atoms with Crippen LogP contribution < -0.4 is 4.90 Å². The van der Waals surface area contributed by atoms with Crippen LogP contribution in [0.5, 0.6) is 0 Å². The fourth-order valence-electron chi connectivity index (χ4n) is 2.24. The average molecular weight is 304 g/mol. The Morgan fingerprint density at radius 2 is 2.22 bits per heavy atom. The number of fused-ring (bicyclic) bond motifs is 1. The van der Waals surface area contributed by atoms with Crippen molar-refractivity contribution >= 4 is 32.7 Å². The van der Waals surface area contributed by atoms with Gasteiger partial charge < -0.3 is 4.90 Å². The molecule has 0 N–H and O–H groups in total. The van der Waals surface area contributed by atoms with Gasteiger partial charge in [0.15, 0.2) is 0 Å². The zero-order chi connectivity index (χ0) is 12.5. The maximum Gasteiger partial charge on any atom is 0.112 e. The van der Waals surface area contributed by atoms with E-state index in [2.05, 4.69) is 49.9 Å². The van der Waals surface area contributed by atoms with Crippen LogP contribution in [-0.2, 0) is 0 Å². The van der Waals surface area contributed by atoms with Crippen LogP contribution in [0.15, 0.2) is 40.6 Å². The van der Waals surface area contributed by atoms with E-state index in [1.807, 2.05) is 18.5 Å². The third kappa shape index (κ3) is 2.12. The van der Waals surface area contributed by atoms with Gasteiger partial charge in [0.2, 0.25) is 0 Å². The summed E-state index contributed by atoms with van der Waals surface area (Å²) in [5, 5.41) is 0. The Kier molecular flexibility index (Phi) is 3.04. The number of anilines is 1. The number of rotatable bonds is 1. The van der Waals surface area contributed by atoms with Gasteiger partial charge in [-0.15, -0.1) is 0 Å². The minimum Gasteiger partial charge on any atom is -0.366 e. The van der Waals surface area contributed by atoms with Crippen molar-refractivity contribution in [2.45, 2.75) is 13.3 Å². The Morgan fingerprint density at radius 3 is 3.00 bits per heavy atom. The second-order valence-corrected chi connectivity index (χ2v) is 5.51. The second kappa shape index (κ2) is 4.69. The summed E-state index contributed by atoms with van der Waals surface area (Å²) in [7, 11) is 0. The molecule has 0 atom stereocenters. The number of aromatic nitrogens is 2. The van der Waals surface area contributed by atoms with Crippen molar-refractivity contribution in [1.82, 2.24) is 9.97 Å². The van der Waals surface area contributed by atoms with Gasteiger partial charge in [-0.2, -0.15) is 0 Å². The van der Waals surface area contributed by atoms with Gasteiger partial charge in [-0.1, -0.05) is 11.6 Å². The molecule has 0 aliphatic carbocycles. The number of hydrogen-bond acceptors (Lipinski definition) is 3. The van der Waals surface area contributed by atoms with E-state index in [-0.39, 0.29) is 0 Å². The molecule has 1 aliphatic heterocycles. The first kappa shape index (κ1) is 11.7. The molecule has 0 unspecified atom stereocenters. The molecule has 0 amide bonds. The van der Waals surface area contributed by atoms with Crippen molar-refractivity contribution in [1.29, 1.82) is 0 Å². The van der Waals surface area contributed by atoms with Gasteiger partial charge >= 0.3 is 0 Å². The van der Waals surface area contributed by atoms with Crippen molar-refractivity contribution in [3.05, 3.63) is 40.6 Å². The highest BCUT2D eigenvalue weighted by Crippen LogP contribution is 2.27. The minimum absolute atomic E-state index is 0.938. The first-order valence-corrected chi connectivity index (χ1v) is 6.84. The molecule has 0 aromatic carbocycles. The lowest BCUT2D eigenvalue weighted by molar-refractivity contribution is 0.789. The van der Waals surface area contributed by atoms with Crippen LogP contribution in [0.25, 0.3) is 11.0 Å². The smallest absolute Gasteiger partial charge is 0.112 e. The molecule has 1 aliphatic rings. The zero-order valence-electron chi connectivity index (χ0n) is 10.2. The van der Waals surface area contributed by atoms with E-state index in [9.17, 15) is 0 Å². The van der Waals surface area contributed by atoms with E-state index in [1.54, 1.807) is 0 Å².